The van der Waals surface area contributed by atoms with E-state index >= 15 is 0 Å². The number of sulfonamides is 1. The molecule has 0 saturated heterocycles. The van der Waals surface area contributed by atoms with Gasteiger partial charge in [0.15, 0.2) is 0 Å². The van der Waals surface area contributed by atoms with Crippen LogP contribution in [-0.4, -0.2) is 20.4 Å². The quantitative estimate of drug-likeness (QED) is 0.424. The van der Waals surface area contributed by atoms with Crippen molar-refractivity contribution in [2.24, 2.45) is 0 Å². The van der Waals surface area contributed by atoms with Gasteiger partial charge in [-0.2, -0.15) is 0 Å². The normalized spacial score (nSPS) is 12.5. The second kappa shape index (κ2) is 11.3. The Morgan fingerprint density at radius 3 is 2.03 bits per heavy atom. The van der Waals surface area contributed by atoms with Gasteiger partial charge in [0.2, 0.25) is 15.9 Å². The van der Waals surface area contributed by atoms with Crippen LogP contribution in [0.15, 0.2) is 89.8 Å². The predicted molar refractivity (Wildman–Crippen MR) is 131 cm³/mol. The molecule has 0 fully saturated rings. The van der Waals surface area contributed by atoms with E-state index in [2.05, 4.69) is 10.0 Å². The highest BCUT2D eigenvalue weighted by Crippen LogP contribution is 2.35. The molecule has 0 radical (unpaired) electrons. The third kappa shape index (κ3) is 7.22. The van der Waals surface area contributed by atoms with Gasteiger partial charge in [0.05, 0.1) is 5.75 Å². The number of hydrogen-bond donors (Lipinski definition) is 2. The molecular weight excluding hydrogens is 440 g/mol. The number of nitrogens with one attached hydrogen (secondary N) is 2. The second-order valence-electron chi connectivity index (χ2n) is 7.74. The van der Waals surface area contributed by atoms with Crippen molar-refractivity contribution >= 4 is 27.7 Å². The van der Waals surface area contributed by atoms with Gasteiger partial charge in [0, 0.05) is 17.5 Å². The lowest BCUT2D eigenvalue weighted by Crippen LogP contribution is -2.32. The lowest BCUT2D eigenvalue weighted by molar-refractivity contribution is -0.120. The van der Waals surface area contributed by atoms with E-state index in [9.17, 15) is 13.2 Å². The van der Waals surface area contributed by atoms with E-state index in [-0.39, 0.29) is 24.2 Å². The first-order valence-electron chi connectivity index (χ1n) is 10.5. The highest BCUT2D eigenvalue weighted by Gasteiger charge is 2.22. The average molecular weight is 469 g/mol. The minimum absolute atomic E-state index is 0.122. The number of amides is 1. The first-order valence-corrected chi connectivity index (χ1v) is 13.0. The van der Waals surface area contributed by atoms with Crippen molar-refractivity contribution in [1.29, 1.82) is 0 Å². The van der Waals surface area contributed by atoms with E-state index in [1.165, 1.54) is 11.8 Å². The first kappa shape index (κ1) is 24.0. The Balaban J connectivity index is 1.75. The van der Waals surface area contributed by atoms with Gasteiger partial charge >= 0.3 is 0 Å². The van der Waals surface area contributed by atoms with Crippen molar-refractivity contribution in [3.8, 4) is 0 Å². The van der Waals surface area contributed by atoms with Gasteiger partial charge < -0.3 is 5.32 Å². The number of rotatable bonds is 10. The smallest absolute Gasteiger partial charge is 0.238 e. The summed E-state index contributed by atoms with van der Waals surface area (Å²) in [5.74, 6) is -0.249. The SMILES string of the molecule is CC(C)NS(=O)(=O)Cc1ccccc1CNC(=O)C(Sc1ccccc1)c1ccccc1. The lowest BCUT2D eigenvalue weighted by Gasteiger charge is -2.18. The minimum Gasteiger partial charge on any atom is -0.351 e. The summed E-state index contributed by atoms with van der Waals surface area (Å²) >= 11 is 1.49. The van der Waals surface area contributed by atoms with E-state index in [1.807, 2.05) is 78.9 Å². The molecule has 0 heterocycles. The molecule has 0 saturated carbocycles. The Bertz CT molecular complexity index is 1120. The van der Waals surface area contributed by atoms with Crippen LogP contribution in [0.5, 0.6) is 0 Å². The predicted octanol–water partition coefficient (Wildman–Crippen LogP) is 4.66. The Morgan fingerprint density at radius 1 is 0.844 bits per heavy atom. The summed E-state index contributed by atoms with van der Waals surface area (Å²) in [6.07, 6.45) is 0. The summed E-state index contributed by atoms with van der Waals surface area (Å²) in [4.78, 5) is 14.2. The zero-order valence-electron chi connectivity index (χ0n) is 18.2. The maximum atomic E-state index is 13.2. The summed E-state index contributed by atoms with van der Waals surface area (Å²) in [6.45, 7) is 3.83. The van der Waals surface area contributed by atoms with Crippen LogP contribution < -0.4 is 10.0 Å². The first-order chi connectivity index (χ1) is 15.3. The molecule has 32 heavy (non-hydrogen) atoms. The molecule has 7 heteroatoms. The molecule has 1 atom stereocenters. The van der Waals surface area contributed by atoms with Crippen LogP contribution >= 0.6 is 11.8 Å². The molecule has 0 aliphatic carbocycles. The molecule has 5 nitrogen and oxygen atoms in total. The largest absolute Gasteiger partial charge is 0.351 e. The average Bonchev–Trinajstić information content (AvgIpc) is 2.77. The van der Waals surface area contributed by atoms with E-state index in [4.69, 9.17) is 0 Å². The molecule has 1 unspecified atom stereocenters. The van der Waals surface area contributed by atoms with Gasteiger partial charge in [-0.3, -0.25) is 4.79 Å². The summed E-state index contributed by atoms with van der Waals surface area (Å²) in [5, 5.41) is 2.59. The zero-order chi connectivity index (χ0) is 23.0. The van der Waals surface area contributed by atoms with Crippen LogP contribution in [-0.2, 0) is 27.1 Å². The highest BCUT2D eigenvalue weighted by molar-refractivity contribution is 8.00. The van der Waals surface area contributed by atoms with Gasteiger partial charge in [-0.1, -0.05) is 72.8 Å². The molecule has 3 aromatic rings. The third-order valence-electron chi connectivity index (χ3n) is 4.67. The number of benzene rings is 3. The van der Waals surface area contributed by atoms with E-state index in [1.54, 1.807) is 19.9 Å². The number of thioether (sulfide) groups is 1. The summed E-state index contributed by atoms with van der Waals surface area (Å²) in [6, 6.07) is 26.6. The minimum atomic E-state index is -3.46. The van der Waals surface area contributed by atoms with Crippen molar-refractivity contribution in [3.05, 3.63) is 102 Å². The standard InChI is InChI=1S/C25H28N2O3S2/c1-19(2)27-32(29,30)18-22-14-10-9-13-21(22)17-26-25(28)24(20-11-5-3-6-12-20)31-23-15-7-4-8-16-23/h3-16,19,24,27H,17-18H2,1-2H3,(H,26,28). The third-order valence-corrected chi connectivity index (χ3v) is 7.46. The van der Waals surface area contributed by atoms with Crippen molar-refractivity contribution in [2.45, 2.75) is 42.3 Å². The lowest BCUT2D eigenvalue weighted by atomic mass is 10.1. The van der Waals surface area contributed by atoms with E-state index < -0.39 is 15.3 Å². The molecule has 0 spiro atoms. The Kier molecular flexibility index (Phi) is 8.50. The Labute approximate surface area is 194 Å². The molecule has 3 aromatic carbocycles. The Hall–Kier alpha value is -2.61. The van der Waals surface area contributed by atoms with Crippen LogP contribution in [0.4, 0.5) is 0 Å². The molecule has 3 rings (SSSR count). The van der Waals surface area contributed by atoms with E-state index in [0.29, 0.717) is 5.56 Å². The summed E-state index contributed by atoms with van der Waals surface area (Å²) in [5.41, 5.74) is 2.37. The summed E-state index contributed by atoms with van der Waals surface area (Å²) in [7, 11) is -3.46. The highest BCUT2D eigenvalue weighted by atomic mass is 32.2. The number of carbonyl (C=O) groups is 1. The molecule has 168 valence electrons. The van der Waals surface area contributed by atoms with Crippen LogP contribution in [0.1, 0.15) is 35.8 Å². The van der Waals surface area contributed by atoms with Crippen molar-refractivity contribution in [1.82, 2.24) is 10.0 Å². The summed E-state index contributed by atoms with van der Waals surface area (Å²) < 4.78 is 27.4. The second-order valence-corrected chi connectivity index (χ2v) is 10.7. The van der Waals surface area contributed by atoms with Crippen LogP contribution in [0.2, 0.25) is 0 Å². The maximum absolute atomic E-state index is 13.2. The molecule has 0 aromatic heterocycles. The number of hydrogen-bond acceptors (Lipinski definition) is 4. The van der Waals surface area contributed by atoms with E-state index in [0.717, 1.165) is 16.0 Å². The van der Waals surface area contributed by atoms with Gasteiger partial charge in [-0.05, 0) is 42.7 Å². The molecule has 0 aliphatic rings. The topological polar surface area (TPSA) is 75.3 Å². The van der Waals surface area contributed by atoms with Crippen molar-refractivity contribution in [3.63, 3.8) is 0 Å². The molecule has 2 N–H and O–H groups in total. The fourth-order valence-corrected chi connectivity index (χ4v) is 5.85. The van der Waals surface area contributed by atoms with Crippen molar-refractivity contribution < 1.29 is 13.2 Å². The van der Waals surface area contributed by atoms with Crippen LogP contribution in [0.3, 0.4) is 0 Å². The molecule has 0 aliphatic heterocycles. The Morgan fingerprint density at radius 2 is 1.41 bits per heavy atom. The van der Waals surface area contributed by atoms with Crippen LogP contribution in [0.25, 0.3) is 0 Å². The fraction of sp³-hybridized carbons (Fsp3) is 0.240. The monoisotopic (exact) mass is 468 g/mol. The van der Waals surface area contributed by atoms with Gasteiger partial charge in [-0.15, -0.1) is 11.8 Å². The fourth-order valence-electron chi connectivity index (χ4n) is 3.29. The van der Waals surface area contributed by atoms with Gasteiger partial charge in [0.25, 0.3) is 0 Å². The molecular formula is C25H28N2O3S2. The van der Waals surface area contributed by atoms with Crippen molar-refractivity contribution in [2.75, 3.05) is 0 Å². The molecule has 0 bridgehead atoms. The number of carbonyl (C=O) groups excluding carboxylic acids is 1. The van der Waals surface area contributed by atoms with Crippen LogP contribution in [0, 0.1) is 0 Å². The van der Waals surface area contributed by atoms with Gasteiger partial charge in [0.1, 0.15) is 5.25 Å². The van der Waals surface area contributed by atoms with Gasteiger partial charge in [-0.25, -0.2) is 13.1 Å². The zero-order valence-corrected chi connectivity index (χ0v) is 19.8. The maximum Gasteiger partial charge on any atom is 0.238 e. The molecule has 1 amide bonds.